The van der Waals surface area contributed by atoms with E-state index < -0.39 is 0 Å². The van der Waals surface area contributed by atoms with Crippen LogP contribution in [0.1, 0.15) is 86.0 Å². The fourth-order valence-corrected chi connectivity index (χ4v) is 2.12. The van der Waals surface area contributed by atoms with Gasteiger partial charge in [0.05, 0.1) is 6.10 Å². The number of aliphatic hydroxyl groups excluding tert-OH is 1. The van der Waals surface area contributed by atoms with Crippen molar-refractivity contribution in [2.45, 2.75) is 92.1 Å². The van der Waals surface area contributed by atoms with Crippen LogP contribution in [-0.4, -0.2) is 11.2 Å². The molecule has 0 aliphatic rings. The summed E-state index contributed by atoms with van der Waals surface area (Å²) in [7, 11) is 0. The maximum atomic E-state index is 9.85. The van der Waals surface area contributed by atoms with Crippen LogP contribution in [0.3, 0.4) is 0 Å². The Morgan fingerprint density at radius 1 is 0.824 bits per heavy atom. The summed E-state index contributed by atoms with van der Waals surface area (Å²) in [5.74, 6) is 0.826. The molecule has 0 aliphatic carbocycles. The van der Waals surface area contributed by atoms with E-state index in [0.29, 0.717) is 5.41 Å². The van der Waals surface area contributed by atoms with Gasteiger partial charge in [-0.3, -0.25) is 0 Å². The first-order valence-electron chi connectivity index (χ1n) is 7.49. The lowest BCUT2D eigenvalue weighted by Gasteiger charge is -2.19. The fraction of sp³-hybridized carbons (Fsp3) is 1.00. The Morgan fingerprint density at radius 3 is 1.88 bits per heavy atom. The zero-order chi connectivity index (χ0) is 13.3. The highest BCUT2D eigenvalue weighted by Crippen LogP contribution is 2.23. The maximum absolute atomic E-state index is 9.85. The van der Waals surface area contributed by atoms with Gasteiger partial charge in [0.2, 0.25) is 0 Å². The van der Waals surface area contributed by atoms with Crippen LogP contribution in [0.5, 0.6) is 0 Å². The van der Waals surface area contributed by atoms with E-state index in [0.717, 1.165) is 25.2 Å². The standard InChI is InChI=1S/C16H34O/c1-14(2)10-7-6-8-11-15(17)12-9-13-16(3,4)5/h14-15,17H,6-13H2,1-5H3/t15-/m1/s1. The SMILES string of the molecule is CC(C)CCCCC[C@@H](O)CCCC(C)(C)C. The largest absolute Gasteiger partial charge is 0.393 e. The summed E-state index contributed by atoms with van der Waals surface area (Å²) in [5.41, 5.74) is 0.414. The van der Waals surface area contributed by atoms with Crippen LogP contribution >= 0.6 is 0 Å². The normalized spacial score (nSPS) is 14.3. The molecule has 0 saturated heterocycles. The molecule has 0 rings (SSSR count). The van der Waals surface area contributed by atoms with Crippen LogP contribution in [-0.2, 0) is 0 Å². The minimum Gasteiger partial charge on any atom is -0.393 e. The van der Waals surface area contributed by atoms with Crippen molar-refractivity contribution < 1.29 is 5.11 Å². The molecule has 17 heavy (non-hydrogen) atoms. The minimum atomic E-state index is -0.0589. The van der Waals surface area contributed by atoms with E-state index in [1.54, 1.807) is 0 Å². The van der Waals surface area contributed by atoms with E-state index in [2.05, 4.69) is 34.6 Å². The number of hydrogen-bond acceptors (Lipinski definition) is 1. The van der Waals surface area contributed by atoms with Crippen molar-refractivity contribution in [1.29, 1.82) is 0 Å². The highest BCUT2D eigenvalue weighted by molar-refractivity contribution is 4.64. The molecule has 0 aliphatic heterocycles. The third-order valence-electron chi connectivity index (χ3n) is 3.28. The summed E-state index contributed by atoms with van der Waals surface area (Å²) in [4.78, 5) is 0. The molecule has 0 saturated carbocycles. The number of hydrogen-bond donors (Lipinski definition) is 1. The minimum absolute atomic E-state index is 0.0589. The van der Waals surface area contributed by atoms with Gasteiger partial charge in [-0.15, -0.1) is 0 Å². The zero-order valence-corrected chi connectivity index (χ0v) is 12.8. The Balaban J connectivity index is 3.32. The van der Waals surface area contributed by atoms with E-state index in [9.17, 15) is 5.11 Å². The lowest BCUT2D eigenvalue weighted by molar-refractivity contribution is 0.142. The number of aliphatic hydroxyl groups is 1. The van der Waals surface area contributed by atoms with Gasteiger partial charge in [0.1, 0.15) is 0 Å². The van der Waals surface area contributed by atoms with Crippen molar-refractivity contribution in [3.05, 3.63) is 0 Å². The molecule has 1 heteroatoms. The van der Waals surface area contributed by atoms with Gasteiger partial charge in [0, 0.05) is 0 Å². The van der Waals surface area contributed by atoms with E-state index in [4.69, 9.17) is 0 Å². The van der Waals surface area contributed by atoms with Crippen molar-refractivity contribution >= 4 is 0 Å². The van der Waals surface area contributed by atoms with Crippen molar-refractivity contribution in [1.82, 2.24) is 0 Å². The maximum Gasteiger partial charge on any atom is 0.0540 e. The fourth-order valence-electron chi connectivity index (χ4n) is 2.12. The van der Waals surface area contributed by atoms with E-state index in [1.807, 2.05) is 0 Å². The Hall–Kier alpha value is -0.0400. The average Bonchev–Trinajstić information content (AvgIpc) is 2.14. The molecule has 0 unspecified atom stereocenters. The Kier molecular flexibility index (Phi) is 8.94. The van der Waals surface area contributed by atoms with E-state index >= 15 is 0 Å². The van der Waals surface area contributed by atoms with Gasteiger partial charge in [-0.05, 0) is 30.6 Å². The third kappa shape index (κ3) is 13.9. The molecule has 1 N–H and O–H groups in total. The summed E-state index contributed by atoms with van der Waals surface area (Å²) in [6, 6.07) is 0. The molecule has 0 fully saturated rings. The second-order valence-electron chi connectivity index (χ2n) is 7.14. The van der Waals surface area contributed by atoms with Crippen molar-refractivity contribution in [2.75, 3.05) is 0 Å². The Labute approximate surface area is 109 Å². The molecular weight excluding hydrogens is 208 g/mol. The lowest BCUT2D eigenvalue weighted by atomic mass is 9.89. The predicted octanol–water partition coefficient (Wildman–Crippen LogP) is 5.17. The second-order valence-corrected chi connectivity index (χ2v) is 7.14. The third-order valence-corrected chi connectivity index (χ3v) is 3.28. The highest BCUT2D eigenvalue weighted by atomic mass is 16.3. The molecule has 0 heterocycles. The van der Waals surface area contributed by atoms with E-state index in [1.165, 1.54) is 32.1 Å². The quantitative estimate of drug-likeness (QED) is 0.553. The molecule has 0 bridgehead atoms. The van der Waals surface area contributed by atoms with Crippen LogP contribution in [0.4, 0.5) is 0 Å². The smallest absolute Gasteiger partial charge is 0.0540 e. The van der Waals surface area contributed by atoms with Crippen molar-refractivity contribution in [3.8, 4) is 0 Å². The van der Waals surface area contributed by atoms with Gasteiger partial charge >= 0.3 is 0 Å². The molecule has 1 nitrogen and oxygen atoms in total. The first-order valence-corrected chi connectivity index (χ1v) is 7.49. The van der Waals surface area contributed by atoms with Gasteiger partial charge in [-0.25, -0.2) is 0 Å². The van der Waals surface area contributed by atoms with Crippen LogP contribution < -0.4 is 0 Å². The molecule has 0 aromatic heterocycles. The molecule has 104 valence electrons. The molecular formula is C16H34O. The van der Waals surface area contributed by atoms with Gasteiger partial charge < -0.3 is 5.11 Å². The van der Waals surface area contributed by atoms with Crippen LogP contribution in [0.15, 0.2) is 0 Å². The van der Waals surface area contributed by atoms with Gasteiger partial charge in [0.25, 0.3) is 0 Å². The van der Waals surface area contributed by atoms with Crippen LogP contribution in [0.25, 0.3) is 0 Å². The number of unbranched alkanes of at least 4 members (excludes halogenated alkanes) is 2. The summed E-state index contributed by atoms with van der Waals surface area (Å²) in [6.45, 7) is 11.4. The Bertz CT molecular complexity index is 167. The first kappa shape index (κ1) is 17.0. The zero-order valence-electron chi connectivity index (χ0n) is 12.8. The highest BCUT2D eigenvalue weighted by Gasteiger charge is 2.11. The molecule has 0 amide bonds. The lowest BCUT2D eigenvalue weighted by Crippen LogP contribution is -2.10. The topological polar surface area (TPSA) is 20.2 Å². The molecule has 0 aromatic carbocycles. The molecule has 0 spiro atoms. The van der Waals surface area contributed by atoms with Crippen LogP contribution in [0.2, 0.25) is 0 Å². The van der Waals surface area contributed by atoms with Crippen molar-refractivity contribution in [3.63, 3.8) is 0 Å². The molecule has 0 aromatic rings. The van der Waals surface area contributed by atoms with Crippen molar-refractivity contribution in [2.24, 2.45) is 11.3 Å². The summed E-state index contributed by atoms with van der Waals surface area (Å²) >= 11 is 0. The number of rotatable bonds is 9. The summed E-state index contributed by atoms with van der Waals surface area (Å²) in [6.07, 6.45) is 9.46. The van der Waals surface area contributed by atoms with Crippen LogP contribution in [0, 0.1) is 11.3 Å². The first-order chi connectivity index (χ1) is 7.81. The Morgan fingerprint density at radius 2 is 1.35 bits per heavy atom. The predicted molar refractivity (Wildman–Crippen MR) is 77.2 cm³/mol. The average molecular weight is 242 g/mol. The van der Waals surface area contributed by atoms with Gasteiger partial charge in [-0.1, -0.05) is 66.7 Å². The summed E-state index contributed by atoms with van der Waals surface area (Å²) < 4.78 is 0. The van der Waals surface area contributed by atoms with E-state index in [-0.39, 0.29) is 6.10 Å². The molecule has 0 radical (unpaired) electrons. The summed E-state index contributed by atoms with van der Waals surface area (Å²) in [5, 5.41) is 9.85. The second kappa shape index (κ2) is 8.97. The van der Waals surface area contributed by atoms with Gasteiger partial charge in [-0.2, -0.15) is 0 Å². The van der Waals surface area contributed by atoms with Gasteiger partial charge in [0.15, 0.2) is 0 Å². The molecule has 1 atom stereocenters. The monoisotopic (exact) mass is 242 g/mol.